The molecule has 36 heavy (non-hydrogen) atoms. The number of nitrogens with zero attached hydrogens (tertiary/aromatic N) is 3. The van der Waals surface area contributed by atoms with E-state index in [1.807, 2.05) is 70.1 Å². The highest BCUT2D eigenvalue weighted by molar-refractivity contribution is 8.77. The number of ether oxygens (including phenoxy) is 1. The molecule has 0 bridgehead atoms. The Morgan fingerprint density at radius 3 is 2.31 bits per heavy atom. The minimum atomic E-state index is 0.181. The van der Waals surface area contributed by atoms with Crippen molar-refractivity contribution >= 4 is 27.5 Å². The standard InChI is InChI=1S/C28H34N4O2S2/c33-28(13-3-2-10-23-14-19-35-36-23)31-17-6-1-9-18-34-22-20-26(24-11-4-7-15-29-24)32-27(21-22)25-12-5-8-16-30-25/h4-5,7-8,11-12,15-16,20-21,23H,1-3,6,9-10,13-14,17-19H2,(H,31,33). The topological polar surface area (TPSA) is 77.0 Å². The first-order valence-corrected chi connectivity index (χ1v) is 15.2. The predicted molar refractivity (Wildman–Crippen MR) is 150 cm³/mol. The fraction of sp³-hybridized carbons (Fsp3) is 0.429. The van der Waals surface area contributed by atoms with Gasteiger partial charge in [-0.15, -0.1) is 0 Å². The summed E-state index contributed by atoms with van der Waals surface area (Å²) in [7, 11) is 4.00. The second kappa shape index (κ2) is 14.9. The van der Waals surface area contributed by atoms with Crippen molar-refractivity contribution in [1.29, 1.82) is 0 Å². The number of rotatable bonds is 14. The molecule has 8 heteroatoms. The first kappa shape index (κ1) is 26.5. The van der Waals surface area contributed by atoms with Gasteiger partial charge in [0.1, 0.15) is 5.75 Å². The SMILES string of the molecule is O=C(CCCCC1CCSS1)NCCCCCOc1cc(-c2ccccn2)nc(-c2ccccn2)c1. The molecule has 1 aliphatic heterocycles. The van der Waals surface area contributed by atoms with Crippen molar-refractivity contribution < 1.29 is 9.53 Å². The third-order valence-corrected chi connectivity index (χ3v) is 8.98. The summed E-state index contributed by atoms with van der Waals surface area (Å²) in [5.41, 5.74) is 3.12. The van der Waals surface area contributed by atoms with Gasteiger partial charge in [0.15, 0.2) is 0 Å². The molecule has 4 rings (SSSR count). The summed E-state index contributed by atoms with van der Waals surface area (Å²) in [4.78, 5) is 25.7. The summed E-state index contributed by atoms with van der Waals surface area (Å²) in [6, 6.07) is 15.4. The van der Waals surface area contributed by atoms with Gasteiger partial charge in [-0.3, -0.25) is 14.8 Å². The van der Waals surface area contributed by atoms with Crippen molar-refractivity contribution in [3.8, 4) is 28.5 Å². The fourth-order valence-corrected chi connectivity index (χ4v) is 7.04. The van der Waals surface area contributed by atoms with Crippen molar-refractivity contribution in [2.75, 3.05) is 18.9 Å². The van der Waals surface area contributed by atoms with E-state index in [9.17, 15) is 4.79 Å². The Kier molecular flexibility index (Phi) is 10.9. The van der Waals surface area contributed by atoms with Crippen molar-refractivity contribution in [2.24, 2.45) is 0 Å². The molecule has 0 saturated carbocycles. The predicted octanol–water partition coefficient (Wildman–Crippen LogP) is 6.59. The molecule has 6 nitrogen and oxygen atoms in total. The van der Waals surface area contributed by atoms with Crippen LogP contribution in [0.1, 0.15) is 51.4 Å². The van der Waals surface area contributed by atoms with Gasteiger partial charge in [0, 0.05) is 48.5 Å². The molecule has 0 spiro atoms. The number of unbranched alkanes of at least 4 members (excludes halogenated alkanes) is 3. The Morgan fingerprint density at radius 1 is 0.917 bits per heavy atom. The fourth-order valence-electron chi connectivity index (χ4n) is 4.01. The van der Waals surface area contributed by atoms with Crippen LogP contribution in [-0.2, 0) is 4.79 Å². The van der Waals surface area contributed by atoms with E-state index >= 15 is 0 Å². The van der Waals surface area contributed by atoms with Gasteiger partial charge in [-0.1, -0.05) is 40.1 Å². The van der Waals surface area contributed by atoms with Crippen LogP contribution >= 0.6 is 21.6 Å². The summed E-state index contributed by atoms with van der Waals surface area (Å²) < 4.78 is 6.08. The molecule has 3 aromatic heterocycles. The summed E-state index contributed by atoms with van der Waals surface area (Å²) in [6.07, 6.45) is 11.8. The first-order valence-electron chi connectivity index (χ1n) is 12.8. The molecule has 1 unspecified atom stereocenters. The third-order valence-electron chi connectivity index (χ3n) is 5.97. The van der Waals surface area contributed by atoms with E-state index in [0.29, 0.717) is 13.0 Å². The van der Waals surface area contributed by atoms with E-state index in [1.54, 1.807) is 12.4 Å². The number of hydrogen-bond donors (Lipinski definition) is 1. The molecule has 3 aromatic rings. The van der Waals surface area contributed by atoms with Gasteiger partial charge in [-0.2, -0.15) is 0 Å². The molecule has 1 saturated heterocycles. The van der Waals surface area contributed by atoms with E-state index < -0.39 is 0 Å². The zero-order chi connectivity index (χ0) is 24.8. The second-order valence-corrected chi connectivity index (χ2v) is 11.6. The number of hydrogen-bond acceptors (Lipinski definition) is 7. The van der Waals surface area contributed by atoms with Crippen LogP contribution in [0.4, 0.5) is 0 Å². The summed E-state index contributed by atoms with van der Waals surface area (Å²) in [5.74, 6) is 2.22. The van der Waals surface area contributed by atoms with Gasteiger partial charge in [-0.25, -0.2) is 4.98 Å². The molecule has 1 amide bonds. The quantitative estimate of drug-likeness (QED) is 0.189. The maximum Gasteiger partial charge on any atom is 0.219 e. The molecule has 1 fully saturated rings. The lowest BCUT2D eigenvalue weighted by Gasteiger charge is -2.11. The molecule has 0 aliphatic carbocycles. The minimum Gasteiger partial charge on any atom is -0.493 e. The first-order chi connectivity index (χ1) is 17.8. The molecule has 0 radical (unpaired) electrons. The molecule has 0 aromatic carbocycles. The highest BCUT2D eigenvalue weighted by atomic mass is 33.1. The van der Waals surface area contributed by atoms with E-state index in [-0.39, 0.29) is 5.91 Å². The molecular weight excluding hydrogens is 488 g/mol. The molecule has 1 N–H and O–H groups in total. The number of carbonyl (C=O) groups is 1. The average Bonchev–Trinajstić information content (AvgIpc) is 3.45. The Bertz CT molecular complexity index is 1010. The molecule has 1 aliphatic rings. The smallest absolute Gasteiger partial charge is 0.219 e. The highest BCUT2D eigenvalue weighted by Gasteiger charge is 2.15. The lowest BCUT2D eigenvalue weighted by molar-refractivity contribution is -0.121. The molecule has 190 valence electrons. The second-order valence-electron chi connectivity index (χ2n) is 8.84. The molecule has 1 atom stereocenters. The van der Waals surface area contributed by atoms with Crippen LogP contribution < -0.4 is 10.1 Å². The van der Waals surface area contributed by atoms with Gasteiger partial charge in [0.05, 0.1) is 29.4 Å². The number of nitrogens with one attached hydrogen (secondary N) is 1. The van der Waals surface area contributed by atoms with E-state index in [1.165, 1.54) is 18.6 Å². The van der Waals surface area contributed by atoms with Crippen LogP contribution in [0.2, 0.25) is 0 Å². The number of pyridine rings is 3. The van der Waals surface area contributed by atoms with Crippen LogP contribution in [0.5, 0.6) is 5.75 Å². The molecule has 4 heterocycles. The summed E-state index contributed by atoms with van der Waals surface area (Å²) >= 11 is 0. The maximum absolute atomic E-state index is 12.0. The monoisotopic (exact) mass is 522 g/mol. The number of aromatic nitrogens is 3. The molecular formula is C28H34N4O2S2. The van der Waals surface area contributed by atoms with Crippen LogP contribution in [-0.4, -0.2) is 45.0 Å². The van der Waals surface area contributed by atoms with Gasteiger partial charge in [-0.05, 0) is 62.8 Å². The van der Waals surface area contributed by atoms with E-state index in [2.05, 4.69) is 15.3 Å². The number of amides is 1. The van der Waals surface area contributed by atoms with Gasteiger partial charge in [0.25, 0.3) is 0 Å². The van der Waals surface area contributed by atoms with Crippen LogP contribution in [0.15, 0.2) is 60.9 Å². The lowest BCUT2D eigenvalue weighted by atomic mass is 10.1. The lowest BCUT2D eigenvalue weighted by Crippen LogP contribution is -2.24. The summed E-state index contributed by atoms with van der Waals surface area (Å²) in [6.45, 7) is 1.34. The number of carbonyl (C=O) groups excluding carboxylic acids is 1. The Hall–Kier alpha value is -2.58. The largest absolute Gasteiger partial charge is 0.493 e. The zero-order valence-electron chi connectivity index (χ0n) is 20.6. The van der Waals surface area contributed by atoms with Gasteiger partial charge >= 0.3 is 0 Å². The van der Waals surface area contributed by atoms with Gasteiger partial charge < -0.3 is 10.1 Å². The maximum atomic E-state index is 12.0. The summed E-state index contributed by atoms with van der Waals surface area (Å²) in [5, 5.41) is 3.86. The van der Waals surface area contributed by atoms with Crippen molar-refractivity contribution in [3.63, 3.8) is 0 Å². The average molecular weight is 523 g/mol. The Balaban J connectivity index is 1.16. The zero-order valence-corrected chi connectivity index (χ0v) is 22.2. The Labute approximate surface area is 221 Å². The van der Waals surface area contributed by atoms with Crippen LogP contribution in [0.3, 0.4) is 0 Å². The third kappa shape index (κ3) is 8.82. The van der Waals surface area contributed by atoms with Gasteiger partial charge in [0.2, 0.25) is 5.91 Å². The Morgan fingerprint density at radius 2 is 1.67 bits per heavy atom. The van der Waals surface area contributed by atoms with Crippen molar-refractivity contribution in [1.82, 2.24) is 20.3 Å². The minimum absolute atomic E-state index is 0.181. The highest BCUT2D eigenvalue weighted by Crippen LogP contribution is 2.39. The van der Waals surface area contributed by atoms with Crippen molar-refractivity contribution in [2.45, 2.75) is 56.6 Å². The van der Waals surface area contributed by atoms with Crippen LogP contribution in [0.25, 0.3) is 22.8 Å². The normalized spacial score (nSPS) is 15.1. The van der Waals surface area contributed by atoms with Crippen molar-refractivity contribution in [3.05, 3.63) is 60.9 Å². The van der Waals surface area contributed by atoms with E-state index in [0.717, 1.165) is 72.4 Å². The van der Waals surface area contributed by atoms with Crippen LogP contribution in [0, 0.1) is 0 Å². The van der Waals surface area contributed by atoms with E-state index in [4.69, 9.17) is 9.72 Å².